The van der Waals surface area contributed by atoms with E-state index in [2.05, 4.69) is 6.58 Å². The molecule has 1 heterocycles. The van der Waals surface area contributed by atoms with Crippen molar-refractivity contribution in [2.45, 2.75) is 32.7 Å². The van der Waals surface area contributed by atoms with Crippen LogP contribution < -0.4 is 0 Å². The first-order chi connectivity index (χ1) is 10.4. The van der Waals surface area contributed by atoms with Gasteiger partial charge < -0.3 is 14.5 Å². The van der Waals surface area contributed by atoms with Crippen molar-refractivity contribution in [2.24, 2.45) is 0 Å². The Hall–Kier alpha value is -2.11. The van der Waals surface area contributed by atoms with E-state index in [9.17, 15) is 14.4 Å². The van der Waals surface area contributed by atoms with Gasteiger partial charge in [-0.15, -0.1) is 0 Å². The van der Waals surface area contributed by atoms with Crippen LogP contribution in [-0.2, 0) is 14.3 Å². The van der Waals surface area contributed by atoms with Gasteiger partial charge in [0.05, 0.1) is 6.04 Å². The highest BCUT2D eigenvalue weighted by molar-refractivity contribution is 5.92. The monoisotopic (exact) mass is 308 g/mol. The van der Waals surface area contributed by atoms with Crippen molar-refractivity contribution in [2.75, 3.05) is 26.7 Å². The number of carbonyl (C=O) groups is 3. The fourth-order valence-electron chi connectivity index (χ4n) is 2.28. The molecule has 1 rings (SSSR count). The maximum Gasteiger partial charge on any atom is 0.410 e. The topological polar surface area (TPSA) is 66.9 Å². The number of rotatable bonds is 6. The summed E-state index contributed by atoms with van der Waals surface area (Å²) in [5.41, 5.74) is 0.656. The Morgan fingerprint density at radius 3 is 2.64 bits per heavy atom. The summed E-state index contributed by atoms with van der Waals surface area (Å²) in [7, 11) is 1.52. The second kappa shape index (κ2) is 8.36. The molecule has 6 nitrogen and oxygen atoms in total. The van der Waals surface area contributed by atoms with Crippen LogP contribution in [0.1, 0.15) is 26.7 Å². The van der Waals surface area contributed by atoms with E-state index in [-0.39, 0.29) is 30.9 Å². The largest absolute Gasteiger partial charge is 0.445 e. The zero-order chi connectivity index (χ0) is 16.7. The van der Waals surface area contributed by atoms with Crippen LogP contribution in [0.25, 0.3) is 0 Å². The minimum absolute atomic E-state index is 0.00409. The Morgan fingerprint density at radius 1 is 1.36 bits per heavy atom. The van der Waals surface area contributed by atoms with Gasteiger partial charge in [0.1, 0.15) is 13.2 Å². The molecule has 1 saturated heterocycles. The predicted octanol–water partition coefficient (Wildman–Crippen LogP) is 1.77. The molecule has 1 fully saturated rings. The molecule has 2 amide bonds. The van der Waals surface area contributed by atoms with Crippen LogP contribution in [0, 0.1) is 0 Å². The Balaban J connectivity index is 2.63. The molecular formula is C16H24N2O4. The van der Waals surface area contributed by atoms with Gasteiger partial charge in [0, 0.05) is 13.6 Å². The number of Topliss-reactive ketones (excluding diaryl/α,β-unsaturated/α-hetero) is 1. The van der Waals surface area contributed by atoms with E-state index in [1.807, 2.05) is 6.08 Å². The van der Waals surface area contributed by atoms with Gasteiger partial charge in [0.25, 0.3) is 0 Å². The summed E-state index contributed by atoms with van der Waals surface area (Å²) < 4.78 is 4.88. The SMILES string of the molecule is C=CCOC(=O)N(C)CC(=O)N1CCC[C@H]1C=C(C)C(C)=O. The summed E-state index contributed by atoms with van der Waals surface area (Å²) in [6, 6.07) is -0.0750. The molecular weight excluding hydrogens is 284 g/mol. The van der Waals surface area contributed by atoms with Gasteiger partial charge in [-0.2, -0.15) is 0 Å². The summed E-state index contributed by atoms with van der Waals surface area (Å²) in [6.45, 7) is 7.44. The minimum Gasteiger partial charge on any atom is -0.445 e. The number of likely N-dealkylation sites (N-methyl/N-ethyl adjacent to an activating group) is 1. The third kappa shape index (κ3) is 5.02. The van der Waals surface area contributed by atoms with Crippen LogP contribution in [0.4, 0.5) is 4.79 Å². The van der Waals surface area contributed by atoms with Gasteiger partial charge in [-0.3, -0.25) is 9.59 Å². The van der Waals surface area contributed by atoms with Crippen LogP contribution in [0.2, 0.25) is 0 Å². The fraction of sp³-hybridized carbons (Fsp3) is 0.562. The number of carbonyl (C=O) groups excluding carboxylic acids is 3. The standard InChI is InChI=1S/C16H24N2O4/c1-5-9-22-16(21)17(4)11-15(20)18-8-6-7-14(18)10-12(2)13(3)19/h5,10,14H,1,6-9,11H2,2-4H3/t14-/m0/s1. The summed E-state index contributed by atoms with van der Waals surface area (Å²) in [6.07, 6.45) is 4.48. The molecule has 6 heteroatoms. The highest BCUT2D eigenvalue weighted by atomic mass is 16.6. The smallest absolute Gasteiger partial charge is 0.410 e. The maximum atomic E-state index is 12.3. The molecule has 0 aliphatic carbocycles. The van der Waals surface area contributed by atoms with Crippen molar-refractivity contribution < 1.29 is 19.1 Å². The third-order valence-corrected chi connectivity index (χ3v) is 3.63. The molecule has 0 saturated carbocycles. The lowest BCUT2D eigenvalue weighted by Crippen LogP contribution is -2.43. The first kappa shape index (κ1) is 17.9. The van der Waals surface area contributed by atoms with E-state index in [4.69, 9.17) is 4.74 Å². The summed E-state index contributed by atoms with van der Waals surface area (Å²) >= 11 is 0. The van der Waals surface area contributed by atoms with E-state index in [0.717, 1.165) is 12.8 Å². The molecule has 0 aromatic heterocycles. The number of likely N-dealkylation sites (tertiary alicyclic amines) is 1. The molecule has 22 heavy (non-hydrogen) atoms. The molecule has 0 unspecified atom stereocenters. The number of amides is 2. The van der Waals surface area contributed by atoms with Gasteiger partial charge in [0.2, 0.25) is 5.91 Å². The van der Waals surface area contributed by atoms with Crippen molar-refractivity contribution in [3.05, 3.63) is 24.3 Å². The van der Waals surface area contributed by atoms with Gasteiger partial charge >= 0.3 is 6.09 Å². The number of ketones is 1. The molecule has 1 aliphatic rings. The van der Waals surface area contributed by atoms with Crippen LogP contribution >= 0.6 is 0 Å². The lowest BCUT2D eigenvalue weighted by atomic mass is 10.1. The van der Waals surface area contributed by atoms with Crippen molar-refractivity contribution in [1.29, 1.82) is 0 Å². The highest BCUT2D eigenvalue weighted by Crippen LogP contribution is 2.20. The zero-order valence-corrected chi connectivity index (χ0v) is 13.5. The Labute approximate surface area is 131 Å². The van der Waals surface area contributed by atoms with Gasteiger partial charge in [-0.1, -0.05) is 18.7 Å². The van der Waals surface area contributed by atoms with Crippen molar-refractivity contribution in [3.63, 3.8) is 0 Å². The normalized spacial score (nSPS) is 18.0. The summed E-state index contributed by atoms with van der Waals surface area (Å²) in [4.78, 5) is 38.2. The average Bonchev–Trinajstić information content (AvgIpc) is 2.92. The number of allylic oxidation sites excluding steroid dienone is 1. The quantitative estimate of drug-likeness (QED) is 0.554. The second-order valence-corrected chi connectivity index (χ2v) is 5.42. The molecule has 0 radical (unpaired) electrons. The second-order valence-electron chi connectivity index (χ2n) is 5.42. The van der Waals surface area contributed by atoms with Gasteiger partial charge in [-0.25, -0.2) is 4.79 Å². The Kier molecular flexibility index (Phi) is 6.82. The lowest BCUT2D eigenvalue weighted by Gasteiger charge is -2.25. The van der Waals surface area contributed by atoms with Crippen molar-refractivity contribution in [3.8, 4) is 0 Å². The zero-order valence-electron chi connectivity index (χ0n) is 13.5. The molecule has 0 N–H and O–H groups in total. The molecule has 1 atom stereocenters. The number of hydrogen-bond acceptors (Lipinski definition) is 4. The van der Waals surface area contributed by atoms with Crippen LogP contribution in [-0.4, -0.2) is 60.4 Å². The first-order valence-corrected chi connectivity index (χ1v) is 7.34. The fourth-order valence-corrected chi connectivity index (χ4v) is 2.28. The van der Waals surface area contributed by atoms with Gasteiger partial charge in [-0.05, 0) is 32.3 Å². The number of ether oxygens (including phenoxy) is 1. The summed E-state index contributed by atoms with van der Waals surface area (Å²) in [5, 5.41) is 0. The average molecular weight is 308 g/mol. The summed E-state index contributed by atoms with van der Waals surface area (Å²) in [5.74, 6) is -0.141. The van der Waals surface area contributed by atoms with Crippen LogP contribution in [0.3, 0.4) is 0 Å². The van der Waals surface area contributed by atoms with E-state index >= 15 is 0 Å². The predicted molar refractivity (Wildman–Crippen MR) is 83.3 cm³/mol. The molecule has 1 aliphatic heterocycles. The highest BCUT2D eigenvalue weighted by Gasteiger charge is 2.29. The number of hydrogen-bond donors (Lipinski definition) is 0. The van der Waals surface area contributed by atoms with Crippen LogP contribution in [0.15, 0.2) is 24.3 Å². The van der Waals surface area contributed by atoms with E-state index in [0.29, 0.717) is 12.1 Å². The van der Waals surface area contributed by atoms with E-state index in [1.165, 1.54) is 24.9 Å². The minimum atomic E-state index is -0.556. The van der Waals surface area contributed by atoms with Crippen LogP contribution in [0.5, 0.6) is 0 Å². The van der Waals surface area contributed by atoms with E-state index in [1.54, 1.807) is 11.8 Å². The maximum absolute atomic E-state index is 12.3. The molecule has 0 spiro atoms. The van der Waals surface area contributed by atoms with E-state index < -0.39 is 6.09 Å². The number of nitrogens with zero attached hydrogens (tertiary/aromatic N) is 2. The Bertz CT molecular complexity index is 485. The van der Waals surface area contributed by atoms with Gasteiger partial charge in [0.15, 0.2) is 5.78 Å². The molecule has 122 valence electrons. The molecule has 0 bridgehead atoms. The third-order valence-electron chi connectivity index (χ3n) is 3.63. The van der Waals surface area contributed by atoms with Crippen molar-refractivity contribution in [1.82, 2.24) is 9.80 Å². The molecule has 0 aromatic rings. The molecule has 0 aromatic carbocycles. The van der Waals surface area contributed by atoms with Crippen molar-refractivity contribution >= 4 is 17.8 Å². The first-order valence-electron chi connectivity index (χ1n) is 7.34. The lowest BCUT2D eigenvalue weighted by molar-refractivity contribution is -0.132. The Morgan fingerprint density at radius 2 is 2.05 bits per heavy atom.